The number of aliphatic hydroxyl groups is 2. The van der Waals surface area contributed by atoms with Crippen molar-refractivity contribution in [2.45, 2.75) is 26.1 Å². The Kier molecular flexibility index (Phi) is 6.85. The molecule has 0 saturated heterocycles. The molecule has 0 fully saturated rings. The Bertz CT molecular complexity index is 795. The van der Waals surface area contributed by atoms with Crippen LogP contribution in [0.1, 0.15) is 13.8 Å². The van der Waals surface area contributed by atoms with Crippen molar-refractivity contribution >= 4 is 11.4 Å². The lowest BCUT2D eigenvalue weighted by atomic mass is 10.0. The average Bonchev–Trinajstić information content (AvgIpc) is 2.64. The van der Waals surface area contributed by atoms with E-state index < -0.39 is 22.1 Å². The van der Waals surface area contributed by atoms with Gasteiger partial charge in [-0.2, -0.15) is 0 Å². The van der Waals surface area contributed by atoms with E-state index in [1.165, 1.54) is 50.2 Å². The van der Waals surface area contributed by atoms with Gasteiger partial charge in [-0.25, -0.2) is 0 Å². The van der Waals surface area contributed by atoms with Crippen LogP contribution < -0.4 is 9.47 Å². The normalized spacial score (nSPS) is 12.9. The summed E-state index contributed by atoms with van der Waals surface area (Å²) >= 11 is 0. The van der Waals surface area contributed by atoms with E-state index in [2.05, 4.69) is 0 Å². The standard InChI is InChI=1S/C18H20N2O8/c1-11(21)9-27-17-5-3-13(7-15(17)19(23)24)14-4-6-18(28-10-12(2)22)16(8-14)20(25)26/h3-8,11-12,21-22H,9-10H2,1-2H3. The summed E-state index contributed by atoms with van der Waals surface area (Å²) < 4.78 is 10.5. The molecule has 2 N–H and O–H groups in total. The molecule has 150 valence electrons. The third-order valence-corrected chi connectivity index (χ3v) is 3.60. The summed E-state index contributed by atoms with van der Waals surface area (Å²) in [6.45, 7) is 2.75. The van der Waals surface area contributed by atoms with Crippen molar-refractivity contribution < 1.29 is 29.5 Å². The number of nitro benzene ring substituents is 2. The lowest BCUT2D eigenvalue weighted by Crippen LogP contribution is -2.13. The number of hydrogen-bond acceptors (Lipinski definition) is 8. The van der Waals surface area contributed by atoms with Gasteiger partial charge in [0.2, 0.25) is 0 Å². The van der Waals surface area contributed by atoms with E-state index in [1.807, 2.05) is 0 Å². The van der Waals surface area contributed by atoms with E-state index in [1.54, 1.807) is 0 Å². The number of rotatable bonds is 9. The number of nitrogens with zero attached hydrogens (tertiary/aromatic N) is 2. The summed E-state index contributed by atoms with van der Waals surface area (Å²) in [4.78, 5) is 21.4. The first kappa shape index (κ1) is 21.1. The van der Waals surface area contributed by atoms with Crippen LogP contribution in [-0.2, 0) is 0 Å². The van der Waals surface area contributed by atoms with Gasteiger partial charge in [-0.05, 0) is 37.1 Å². The van der Waals surface area contributed by atoms with Crippen LogP contribution in [0.3, 0.4) is 0 Å². The van der Waals surface area contributed by atoms with Crippen LogP contribution in [0.5, 0.6) is 11.5 Å². The third kappa shape index (κ3) is 5.38. The summed E-state index contributed by atoms with van der Waals surface area (Å²) in [6.07, 6.45) is -1.59. The third-order valence-electron chi connectivity index (χ3n) is 3.60. The minimum Gasteiger partial charge on any atom is -0.484 e. The second kappa shape index (κ2) is 9.11. The Hall–Kier alpha value is -3.24. The predicted octanol–water partition coefficient (Wildman–Crippen LogP) is 2.69. The molecule has 28 heavy (non-hydrogen) atoms. The van der Waals surface area contributed by atoms with Gasteiger partial charge in [-0.3, -0.25) is 20.2 Å². The van der Waals surface area contributed by atoms with Crippen LogP contribution in [-0.4, -0.2) is 45.5 Å². The first-order valence-electron chi connectivity index (χ1n) is 8.38. The van der Waals surface area contributed by atoms with Crippen molar-refractivity contribution in [1.82, 2.24) is 0 Å². The molecule has 0 heterocycles. The van der Waals surface area contributed by atoms with Crippen molar-refractivity contribution in [1.29, 1.82) is 0 Å². The molecule has 0 aliphatic carbocycles. The quantitative estimate of drug-likeness (QED) is 0.489. The van der Waals surface area contributed by atoms with Gasteiger partial charge in [0.15, 0.2) is 11.5 Å². The molecule has 2 aromatic rings. The monoisotopic (exact) mass is 392 g/mol. The lowest BCUT2D eigenvalue weighted by molar-refractivity contribution is -0.386. The van der Waals surface area contributed by atoms with Gasteiger partial charge in [-0.1, -0.05) is 12.1 Å². The number of hydrogen-bond donors (Lipinski definition) is 2. The molecule has 10 heteroatoms. The Morgan fingerprint density at radius 1 is 0.821 bits per heavy atom. The molecule has 2 atom stereocenters. The van der Waals surface area contributed by atoms with Crippen molar-refractivity contribution in [2.24, 2.45) is 0 Å². The Morgan fingerprint density at radius 3 is 1.46 bits per heavy atom. The minimum absolute atomic E-state index is 0.0129. The minimum atomic E-state index is -0.795. The Labute approximate surface area is 160 Å². The summed E-state index contributed by atoms with van der Waals surface area (Å²) in [5.41, 5.74) is 0.105. The van der Waals surface area contributed by atoms with E-state index in [0.29, 0.717) is 11.1 Å². The van der Waals surface area contributed by atoms with Crippen LogP contribution in [0.2, 0.25) is 0 Å². The first-order chi connectivity index (χ1) is 13.2. The van der Waals surface area contributed by atoms with Gasteiger partial charge >= 0.3 is 11.4 Å². The Morgan fingerprint density at radius 2 is 1.18 bits per heavy atom. The van der Waals surface area contributed by atoms with Gasteiger partial charge in [0.05, 0.1) is 22.1 Å². The molecule has 2 aromatic carbocycles. The molecule has 10 nitrogen and oxygen atoms in total. The fourth-order valence-electron chi connectivity index (χ4n) is 2.34. The summed E-state index contributed by atoms with van der Waals surface area (Å²) in [5, 5.41) is 41.2. The molecular formula is C18H20N2O8. The van der Waals surface area contributed by atoms with Crippen molar-refractivity contribution in [3.8, 4) is 22.6 Å². The van der Waals surface area contributed by atoms with Gasteiger partial charge in [0.1, 0.15) is 13.2 Å². The predicted molar refractivity (Wildman–Crippen MR) is 99.5 cm³/mol. The molecule has 0 aliphatic heterocycles. The van der Waals surface area contributed by atoms with Gasteiger partial charge in [0, 0.05) is 12.1 Å². The second-order valence-electron chi connectivity index (χ2n) is 6.20. The lowest BCUT2D eigenvalue weighted by Gasteiger charge is -2.11. The van der Waals surface area contributed by atoms with E-state index in [9.17, 15) is 30.4 Å². The van der Waals surface area contributed by atoms with Crippen LogP contribution in [0.15, 0.2) is 36.4 Å². The zero-order chi connectivity index (χ0) is 20.8. The SMILES string of the molecule is CC(O)COc1ccc(-c2ccc(OCC(C)O)c([N+](=O)[O-])c2)cc1[N+](=O)[O-]. The fourth-order valence-corrected chi connectivity index (χ4v) is 2.34. The molecule has 0 amide bonds. The van der Waals surface area contributed by atoms with E-state index in [-0.39, 0.29) is 36.1 Å². The Balaban J connectivity index is 2.40. The molecule has 0 bridgehead atoms. The topological polar surface area (TPSA) is 145 Å². The highest BCUT2D eigenvalue weighted by Gasteiger charge is 2.21. The van der Waals surface area contributed by atoms with Crippen LogP contribution in [0.4, 0.5) is 11.4 Å². The molecule has 2 rings (SSSR count). The summed E-state index contributed by atoms with van der Waals surface area (Å²) in [5.74, 6) is -0.0259. The highest BCUT2D eigenvalue weighted by atomic mass is 16.6. The maximum atomic E-state index is 11.3. The first-order valence-corrected chi connectivity index (χ1v) is 8.38. The molecule has 0 saturated carbocycles. The molecular weight excluding hydrogens is 372 g/mol. The van der Waals surface area contributed by atoms with E-state index >= 15 is 0 Å². The largest absolute Gasteiger partial charge is 0.484 e. The highest BCUT2D eigenvalue weighted by molar-refractivity contribution is 5.72. The van der Waals surface area contributed by atoms with Crippen LogP contribution in [0, 0.1) is 20.2 Å². The van der Waals surface area contributed by atoms with E-state index in [4.69, 9.17) is 9.47 Å². The molecule has 0 spiro atoms. The number of nitro groups is 2. The molecule has 2 unspecified atom stereocenters. The van der Waals surface area contributed by atoms with Gasteiger partial charge < -0.3 is 19.7 Å². The molecule has 0 aliphatic rings. The van der Waals surface area contributed by atoms with E-state index in [0.717, 1.165) is 0 Å². The van der Waals surface area contributed by atoms with Crippen LogP contribution >= 0.6 is 0 Å². The molecule has 0 aromatic heterocycles. The van der Waals surface area contributed by atoms with Gasteiger partial charge in [-0.15, -0.1) is 0 Å². The summed E-state index contributed by atoms with van der Waals surface area (Å²) in [6, 6.07) is 8.29. The number of ether oxygens (including phenoxy) is 2. The zero-order valence-corrected chi connectivity index (χ0v) is 15.3. The van der Waals surface area contributed by atoms with Gasteiger partial charge in [0.25, 0.3) is 0 Å². The van der Waals surface area contributed by atoms with Crippen LogP contribution in [0.25, 0.3) is 11.1 Å². The van der Waals surface area contributed by atoms with Crippen molar-refractivity contribution in [3.05, 3.63) is 56.6 Å². The van der Waals surface area contributed by atoms with Crippen molar-refractivity contribution in [3.63, 3.8) is 0 Å². The number of benzene rings is 2. The molecule has 0 radical (unpaired) electrons. The maximum Gasteiger partial charge on any atom is 0.311 e. The highest BCUT2D eigenvalue weighted by Crippen LogP contribution is 2.36. The average molecular weight is 392 g/mol. The zero-order valence-electron chi connectivity index (χ0n) is 15.3. The number of aliphatic hydroxyl groups excluding tert-OH is 2. The maximum absolute atomic E-state index is 11.3. The smallest absolute Gasteiger partial charge is 0.311 e. The summed E-state index contributed by atoms with van der Waals surface area (Å²) in [7, 11) is 0. The van der Waals surface area contributed by atoms with Crippen molar-refractivity contribution in [2.75, 3.05) is 13.2 Å². The fraction of sp³-hybridized carbons (Fsp3) is 0.333. The second-order valence-corrected chi connectivity index (χ2v) is 6.20.